The highest BCUT2D eigenvalue weighted by molar-refractivity contribution is 7.80. The highest BCUT2D eigenvalue weighted by Gasteiger charge is 2.35. The van der Waals surface area contributed by atoms with Crippen LogP contribution in [0.15, 0.2) is 24.3 Å². The van der Waals surface area contributed by atoms with E-state index in [0.717, 1.165) is 16.9 Å². The Morgan fingerprint density at radius 2 is 1.79 bits per heavy atom. The van der Waals surface area contributed by atoms with Crippen molar-refractivity contribution in [2.75, 3.05) is 19.4 Å². The zero-order valence-corrected chi connectivity index (χ0v) is 20.4. The number of carbonyl (C=O) groups excluding carboxylic acids is 4. The molecule has 33 heavy (non-hydrogen) atoms. The monoisotopic (exact) mass is 477 g/mol. The summed E-state index contributed by atoms with van der Waals surface area (Å²) in [6.07, 6.45) is 5.58. The van der Waals surface area contributed by atoms with Gasteiger partial charge in [0.05, 0.1) is 7.11 Å². The van der Waals surface area contributed by atoms with E-state index in [9.17, 15) is 19.2 Å². The lowest BCUT2D eigenvalue weighted by atomic mass is 10.0. The van der Waals surface area contributed by atoms with E-state index in [1.165, 1.54) is 7.11 Å². The molecular weight excluding hydrogens is 446 g/mol. The molecule has 0 aromatic heterocycles. The lowest BCUT2D eigenvalue weighted by molar-refractivity contribution is -0.142. The first-order valence-electron chi connectivity index (χ1n) is 10.3. The maximum absolute atomic E-state index is 13.2. The smallest absolute Gasteiger partial charge is 0.408 e. The van der Waals surface area contributed by atoms with Crippen molar-refractivity contribution in [1.29, 1.82) is 0 Å². The molecule has 2 atom stereocenters. The quantitative estimate of drug-likeness (QED) is 0.216. The molecule has 0 aliphatic rings. The number of carbonyl (C=O) groups is 4. The second-order valence-electron chi connectivity index (χ2n) is 8.01. The van der Waals surface area contributed by atoms with Crippen LogP contribution in [0.5, 0.6) is 0 Å². The van der Waals surface area contributed by atoms with Crippen molar-refractivity contribution in [3.05, 3.63) is 35.4 Å². The fraction of sp³-hybridized carbons (Fsp3) is 0.478. The minimum atomic E-state index is -1.26. The first-order chi connectivity index (χ1) is 15.5. The summed E-state index contributed by atoms with van der Waals surface area (Å²) in [5.74, 6) is -2.19. The van der Waals surface area contributed by atoms with E-state index in [4.69, 9.17) is 11.2 Å². The molecule has 10 heteroatoms. The summed E-state index contributed by atoms with van der Waals surface area (Å²) in [6, 6.07) is 6.78. The molecule has 0 radical (unpaired) electrons. The second-order valence-corrected chi connectivity index (χ2v) is 8.38. The first kappa shape index (κ1) is 27.8. The van der Waals surface area contributed by atoms with Crippen molar-refractivity contribution in [3.8, 4) is 12.5 Å². The molecule has 180 valence electrons. The molecule has 1 aromatic carbocycles. The third kappa shape index (κ3) is 8.69. The summed E-state index contributed by atoms with van der Waals surface area (Å²) in [5.41, 5.74) is 0.666. The van der Waals surface area contributed by atoms with E-state index in [-0.39, 0.29) is 5.75 Å². The Balaban J connectivity index is 3.26. The van der Waals surface area contributed by atoms with Gasteiger partial charge in [-0.25, -0.2) is 4.79 Å². The number of rotatable bonds is 9. The molecular formula is C23H31N3O6S. The summed E-state index contributed by atoms with van der Waals surface area (Å²) >= 11 is 4.14. The molecule has 0 aliphatic heterocycles. The standard InChI is InChI=1S/C23H31N3O6S/c1-7-15-9-11-16(12-10-15)19(20(28)24-13-18(27)31-6)26(8-2)21(29)17(14-33)25-22(30)32-23(3,4)5/h2,9-12,17,19,33H,7,13-14H2,1,3-6H3,(H,24,28)(H,25,30). The molecule has 1 rings (SSSR count). The molecule has 0 bridgehead atoms. The number of hydrogen-bond donors (Lipinski definition) is 3. The Morgan fingerprint density at radius 1 is 1.18 bits per heavy atom. The number of amides is 3. The van der Waals surface area contributed by atoms with E-state index in [2.05, 4.69) is 34.0 Å². The van der Waals surface area contributed by atoms with E-state index in [1.54, 1.807) is 32.9 Å². The zero-order chi connectivity index (χ0) is 25.2. The van der Waals surface area contributed by atoms with E-state index in [0.29, 0.717) is 5.56 Å². The number of methoxy groups -OCH3 is 1. The highest BCUT2D eigenvalue weighted by Crippen LogP contribution is 2.23. The summed E-state index contributed by atoms with van der Waals surface area (Å²) in [7, 11) is 1.19. The Morgan fingerprint density at radius 3 is 2.24 bits per heavy atom. The van der Waals surface area contributed by atoms with Gasteiger partial charge in [-0.05, 0) is 38.3 Å². The largest absolute Gasteiger partial charge is 0.468 e. The number of thiol groups is 1. The van der Waals surface area contributed by atoms with Crippen LogP contribution in [0.3, 0.4) is 0 Å². The lowest BCUT2D eigenvalue weighted by Gasteiger charge is -2.30. The highest BCUT2D eigenvalue weighted by atomic mass is 32.1. The van der Waals surface area contributed by atoms with Gasteiger partial charge in [0.25, 0.3) is 5.91 Å². The Kier molecular flexibility index (Phi) is 10.8. The number of aryl methyl sites for hydroxylation is 1. The van der Waals surface area contributed by atoms with Gasteiger partial charge in [-0.1, -0.05) is 37.6 Å². The third-order valence-electron chi connectivity index (χ3n) is 4.39. The van der Waals surface area contributed by atoms with Gasteiger partial charge in [0.15, 0.2) is 0 Å². The van der Waals surface area contributed by atoms with Gasteiger partial charge in [-0.3, -0.25) is 19.3 Å². The van der Waals surface area contributed by atoms with E-state index < -0.39 is 48.1 Å². The second kappa shape index (κ2) is 12.7. The van der Waals surface area contributed by atoms with Crippen LogP contribution < -0.4 is 10.6 Å². The predicted octanol–water partition coefficient (Wildman–Crippen LogP) is 1.82. The number of esters is 1. The maximum Gasteiger partial charge on any atom is 0.408 e. The van der Waals surface area contributed by atoms with Crippen LogP contribution in [-0.2, 0) is 30.3 Å². The number of ether oxygens (including phenoxy) is 2. The molecule has 9 nitrogen and oxygen atoms in total. The normalized spacial score (nSPS) is 12.5. The zero-order valence-electron chi connectivity index (χ0n) is 19.5. The molecule has 0 fully saturated rings. The molecule has 0 saturated heterocycles. The summed E-state index contributed by atoms with van der Waals surface area (Å²) in [5, 5.41) is 4.86. The van der Waals surface area contributed by atoms with Gasteiger partial charge in [0.1, 0.15) is 24.2 Å². The number of terminal acetylenes is 1. The summed E-state index contributed by atoms with van der Waals surface area (Å²) in [6.45, 7) is 6.61. The molecule has 2 N–H and O–H groups in total. The SMILES string of the molecule is C#CN(C(=O)C(CS)NC(=O)OC(C)(C)C)C(C(=O)NCC(=O)OC)c1ccc(CC)cc1. The minimum Gasteiger partial charge on any atom is -0.468 e. The predicted molar refractivity (Wildman–Crippen MR) is 126 cm³/mol. The van der Waals surface area contributed by atoms with Crippen LogP contribution in [0, 0.1) is 12.5 Å². The summed E-state index contributed by atoms with van der Waals surface area (Å²) in [4.78, 5) is 50.8. The van der Waals surface area contributed by atoms with Crippen LogP contribution >= 0.6 is 12.6 Å². The van der Waals surface area contributed by atoms with E-state index >= 15 is 0 Å². The van der Waals surface area contributed by atoms with Crippen molar-refractivity contribution in [3.63, 3.8) is 0 Å². The fourth-order valence-corrected chi connectivity index (χ4v) is 3.00. The van der Waals surface area contributed by atoms with Gasteiger partial charge in [-0.15, -0.1) is 0 Å². The molecule has 0 aliphatic carbocycles. The van der Waals surface area contributed by atoms with Crippen LogP contribution in [0.4, 0.5) is 4.79 Å². The Hall–Kier alpha value is -3.19. The molecule has 0 saturated carbocycles. The van der Waals surface area contributed by atoms with E-state index in [1.807, 2.05) is 19.1 Å². The number of hydrogen-bond acceptors (Lipinski definition) is 7. The number of alkyl carbamates (subject to hydrolysis) is 1. The van der Waals surface area contributed by atoms with Gasteiger partial charge < -0.3 is 20.1 Å². The van der Waals surface area contributed by atoms with Crippen molar-refractivity contribution < 1.29 is 28.7 Å². The molecule has 2 unspecified atom stereocenters. The van der Waals surface area contributed by atoms with Crippen LogP contribution in [0.2, 0.25) is 0 Å². The van der Waals surface area contributed by atoms with Crippen molar-refractivity contribution in [1.82, 2.24) is 15.5 Å². The number of nitrogens with one attached hydrogen (secondary N) is 2. The summed E-state index contributed by atoms with van der Waals surface area (Å²) < 4.78 is 9.74. The molecule has 0 spiro atoms. The minimum absolute atomic E-state index is 0.0957. The molecule has 1 aromatic rings. The average molecular weight is 478 g/mol. The topological polar surface area (TPSA) is 114 Å². The van der Waals surface area contributed by atoms with Crippen LogP contribution in [0.1, 0.15) is 44.9 Å². The van der Waals surface area contributed by atoms with Gasteiger partial charge in [0.2, 0.25) is 5.91 Å². The third-order valence-corrected chi connectivity index (χ3v) is 4.76. The lowest BCUT2D eigenvalue weighted by Crippen LogP contribution is -2.52. The first-order valence-corrected chi connectivity index (χ1v) is 10.9. The van der Waals surface area contributed by atoms with Crippen molar-refractivity contribution in [2.24, 2.45) is 0 Å². The van der Waals surface area contributed by atoms with Gasteiger partial charge >= 0.3 is 12.1 Å². The van der Waals surface area contributed by atoms with Crippen molar-refractivity contribution >= 4 is 36.5 Å². The maximum atomic E-state index is 13.2. The number of benzene rings is 1. The Labute approximate surface area is 200 Å². The number of nitrogens with zero attached hydrogens (tertiary/aromatic N) is 1. The fourth-order valence-electron chi connectivity index (χ4n) is 2.75. The molecule has 3 amide bonds. The van der Waals surface area contributed by atoms with Crippen LogP contribution in [0.25, 0.3) is 0 Å². The Bertz CT molecular complexity index is 889. The van der Waals surface area contributed by atoms with Gasteiger partial charge in [0, 0.05) is 11.8 Å². The van der Waals surface area contributed by atoms with Crippen molar-refractivity contribution in [2.45, 2.75) is 51.8 Å². The molecule has 0 heterocycles. The van der Waals surface area contributed by atoms with Gasteiger partial charge in [-0.2, -0.15) is 12.6 Å². The van der Waals surface area contributed by atoms with Crippen LogP contribution in [-0.4, -0.2) is 59.8 Å². The average Bonchev–Trinajstić information content (AvgIpc) is 2.77.